The summed E-state index contributed by atoms with van der Waals surface area (Å²) in [4.78, 5) is 12.3. The van der Waals surface area contributed by atoms with Gasteiger partial charge in [0, 0.05) is 18.3 Å². The van der Waals surface area contributed by atoms with Crippen LogP contribution in [0.3, 0.4) is 0 Å². The molecule has 2 aromatic carbocycles. The predicted molar refractivity (Wildman–Crippen MR) is 88.9 cm³/mol. The number of hydrogen-bond donors (Lipinski definition) is 2. The molecule has 4 nitrogen and oxygen atoms in total. The number of carbonyl (C=O) groups excluding carboxylic acids is 1. The average Bonchev–Trinajstić information content (AvgIpc) is 2.57. The Hall–Kier alpha value is -2.47. The summed E-state index contributed by atoms with van der Waals surface area (Å²) in [5, 5.41) is 5.99. The number of rotatable bonds is 7. The van der Waals surface area contributed by atoms with Gasteiger partial charge in [0.25, 0.3) is 5.91 Å². The van der Waals surface area contributed by atoms with E-state index in [9.17, 15) is 13.6 Å². The van der Waals surface area contributed by atoms with Gasteiger partial charge < -0.3 is 15.4 Å². The average molecular weight is 334 g/mol. The largest absolute Gasteiger partial charge is 0.481 e. The van der Waals surface area contributed by atoms with Crippen molar-refractivity contribution in [1.29, 1.82) is 0 Å². The highest BCUT2D eigenvalue weighted by Crippen LogP contribution is 2.19. The van der Waals surface area contributed by atoms with Gasteiger partial charge in [-0.3, -0.25) is 4.79 Å². The van der Waals surface area contributed by atoms with E-state index < -0.39 is 17.7 Å². The van der Waals surface area contributed by atoms with Crippen molar-refractivity contribution in [3.63, 3.8) is 0 Å². The maximum absolute atomic E-state index is 13.2. The lowest BCUT2D eigenvalue weighted by Gasteiger charge is -2.16. The number of ether oxygens (including phenoxy) is 1. The minimum atomic E-state index is -1.02. The molecule has 0 saturated carbocycles. The van der Waals surface area contributed by atoms with Gasteiger partial charge >= 0.3 is 0 Å². The SMILES string of the molecule is CCNCc1ccccc1NC(=O)C(C)Oc1ccc(F)c(F)c1. The van der Waals surface area contributed by atoms with E-state index in [1.807, 2.05) is 25.1 Å². The topological polar surface area (TPSA) is 50.4 Å². The Kier molecular flexibility index (Phi) is 6.26. The van der Waals surface area contributed by atoms with Gasteiger partial charge in [-0.15, -0.1) is 0 Å². The van der Waals surface area contributed by atoms with Crippen molar-refractivity contribution in [2.75, 3.05) is 11.9 Å². The molecule has 2 rings (SSSR count). The first kappa shape index (κ1) is 17.9. The number of carbonyl (C=O) groups is 1. The molecule has 0 aliphatic carbocycles. The van der Waals surface area contributed by atoms with Crippen LogP contribution in [0.25, 0.3) is 0 Å². The van der Waals surface area contributed by atoms with Gasteiger partial charge in [0.2, 0.25) is 0 Å². The van der Waals surface area contributed by atoms with Crippen LogP contribution in [-0.2, 0) is 11.3 Å². The third-order valence-corrected chi connectivity index (χ3v) is 3.41. The molecule has 1 unspecified atom stereocenters. The van der Waals surface area contributed by atoms with Gasteiger partial charge in [0.1, 0.15) is 5.75 Å². The van der Waals surface area contributed by atoms with Crippen LogP contribution in [-0.4, -0.2) is 18.6 Å². The van der Waals surface area contributed by atoms with Crippen LogP contribution in [0.15, 0.2) is 42.5 Å². The summed E-state index contributed by atoms with van der Waals surface area (Å²) in [6.45, 7) is 4.99. The van der Waals surface area contributed by atoms with Gasteiger partial charge in [-0.1, -0.05) is 25.1 Å². The minimum absolute atomic E-state index is 0.0949. The highest BCUT2D eigenvalue weighted by Gasteiger charge is 2.17. The number of hydrogen-bond acceptors (Lipinski definition) is 3. The van der Waals surface area contributed by atoms with Gasteiger partial charge in [0.05, 0.1) is 0 Å². The van der Waals surface area contributed by atoms with Gasteiger partial charge in [-0.05, 0) is 37.2 Å². The van der Waals surface area contributed by atoms with E-state index in [4.69, 9.17) is 4.74 Å². The summed E-state index contributed by atoms with van der Waals surface area (Å²) in [6, 6.07) is 10.6. The Balaban J connectivity index is 2.02. The lowest BCUT2D eigenvalue weighted by Crippen LogP contribution is -2.30. The first-order chi connectivity index (χ1) is 11.5. The van der Waals surface area contributed by atoms with Gasteiger partial charge in [-0.25, -0.2) is 8.78 Å². The fourth-order valence-corrected chi connectivity index (χ4v) is 2.10. The third-order valence-electron chi connectivity index (χ3n) is 3.41. The quantitative estimate of drug-likeness (QED) is 0.815. The molecule has 0 spiro atoms. The second-order valence-corrected chi connectivity index (χ2v) is 5.26. The number of halogens is 2. The molecular weight excluding hydrogens is 314 g/mol. The number of nitrogens with one attached hydrogen (secondary N) is 2. The van der Waals surface area contributed by atoms with Crippen molar-refractivity contribution in [2.45, 2.75) is 26.5 Å². The zero-order valence-electron chi connectivity index (χ0n) is 13.6. The van der Waals surface area contributed by atoms with Crippen molar-refractivity contribution in [1.82, 2.24) is 5.32 Å². The van der Waals surface area contributed by atoms with Crippen molar-refractivity contribution in [3.05, 3.63) is 59.7 Å². The molecule has 0 aliphatic heterocycles. The molecule has 128 valence electrons. The first-order valence-electron chi connectivity index (χ1n) is 7.72. The van der Waals surface area contributed by atoms with Crippen molar-refractivity contribution < 1.29 is 18.3 Å². The van der Waals surface area contributed by atoms with E-state index in [-0.39, 0.29) is 11.7 Å². The van der Waals surface area contributed by atoms with E-state index in [0.29, 0.717) is 12.2 Å². The second kappa shape index (κ2) is 8.40. The van der Waals surface area contributed by atoms with E-state index in [1.54, 1.807) is 13.0 Å². The number of anilines is 1. The summed E-state index contributed by atoms with van der Waals surface area (Å²) in [7, 11) is 0. The van der Waals surface area contributed by atoms with Gasteiger partial charge in [-0.2, -0.15) is 0 Å². The van der Waals surface area contributed by atoms with Crippen molar-refractivity contribution >= 4 is 11.6 Å². The van der Waals surface area contributed by atoms with Crippen LogP contribution in [0.5, 0.6) is 5.75 Å². The smallest absolute Gasteiger partial charge is 0.265 e. The number of para-hydroxylation sites is 1. The summed E-state index contributed by atoms with van der Waals surface area (Å²) in [5.74, 6) is -2.26. The van der Waals surface area contributed by atoms with Crippen LogP contribution < -0.4 is 15.4 Å². The normalized spacial score (nSPS) is 11.8. The Labute approximate surface area is 139 Å². The summed E-state index contributed by atoms with van der Waals surface area (Å²) < 4.78 is 31.5. The predicted octanol–water partition coefficient (Wildman–Crippen LogP) is 3.48. The molecule has 24 heavy (non-hydrogen) atoms. The van der Waals surface area contributed by atoms with Crippen LogP contribution in [0, 0.1) is 11.6 Å². The van der Waals surface area contributed by atoms with Crippen LogP contribution >= 0.6 is 0 Å². The zero-order chi connectivity index (χ0) is 17.5. The molecule has 6 heteroatoms. The summed E-state index contributed by atoms with van der Waals surface area (Å²) in [5.41, 5.74) is 1.64. The molecule has 0 fully saturated rings. The minimum Gasteiger partial charge on any atom is -0.481 e. The van der Waals surface area contributed by atoms with E-state index in [0.717, 1.165) is 24.2 Å². The Morgan fingerprint density at radius 2 is 1.92 bits per heavy atom. The maximum Gasteiger partial charge on any atom is 0.265 e. The van der Waals surface area contributed by atoms with Crippen molar-refractivity contribution in [3.8, 4) is 5.75 Å². The Bertz CT molecular complexity index is 707. The zero-order valence-corrected chi connectivity index (χ0v) is 13.6. The molecule has 1 amide bonds. The summed E-state index contributed by atoms with van der Waals surface area (Å²) in [6.07, 6.45) is -0.859. The molecule has 1 atom stereocenters. The molecule has 0 heterocycles. The van der Waals surface area contributed by atoms with Crippen molar-refractivity contribution in [2.24, 2.45) is 0 Å². The first-order valence-corrected chi connectivity index (χ1v) is 7.72. The monoisotopic (exact) mass is 334 g/mol. The molecule has 2 aromatic rings. The standard InChI is InChI=1S/C18H20F2N2O2/c1-3-21-11-13-6-4-5-7-17(13)22-18(23)12(2)24-14-8-9-15(19)16(20)10-14/h4-10,12,21H,3,11H2,1-2H3,(H,22,23). The Morgan fingerprint density at radius 3 is 2.62 bits per heavy atom. The molecule has 0 aromatic heterocycles. The van der Waals surface area contributed by atoms with E-state index >= 15 is 0 Å². The van der Waals surface area contributed by atoms with Gasteiger partial charge in [0.15, 0.2) is 17.7 Å². The molecule has 0 radical (unpaired) electrons. The van der Waals surface area contributed by atoms with E-state index in [2.05, 4.69) is 10.6 Å². The fourth-order valence-electron chi connectivity index (χ4n) is 2.10. The molecule has 0 saturated heterocycles. The lowest BCUT2D eigenvalue weighted by atomic mass is 10.1. The number of benzene rings is 2. The molecular formula is C18H20F2N2O2. The molecule has 0 aliphatic rings. The summed E-state index contributed by atoms with van der Waals surface area (Å²) >= 11 is 0. The Morgan fingerprint density at radius 1 is 1.17 bits per heavy atom. The second-order valence-electron chi connectivity index (χ2n) is 5.26. The van der Waals surface area contributed by atoms with Crippen LogP contribution in [0.1, 0.15) is 19.4 Å². The van der Waals surface area contributed by atoms with Crippen LogP contribution in [0.2, 0.25) is 0 Å². The fraction of sp³-hybridized carbons (Fsp3) is 0.278. The number of amides is 1. The maximum atomic E-state index is 13.2. The van der Waals surface area contributed by atoms with Crippen LogP contribution in [0.4, 0.5) is 14.5 Å². The highest BCUT2D eigenvalue weighted by molar-refractivity contribution is 5.94. The third kappa shape index (κ3) is 4.76. The lowest BCUT2D eigenvalue weighted by molar-refractivity contribution is -0.122. The highest BCUT2D eigenvalue weighted by atomic mass is 19.2. The molecule has 0 bridgehead atoms. The van der Waals surface area contributed by atoms with E-state index in [1.165, 1.54) is 6.07 Å². The molecule has 2 N–H and O–H groups in total.